The van der Waals surface area contributed by atoms with Gasteiger partial charge in [0.05, 0.1) is 0 Å². The van der Waals surface area contributed by atoms with Gasteiger partial charge in [-0.2, -0.15) is 0 Å². The monoisotopic (exact) mass is 220 g/mol. The molecule has 2 nitrogen and oxygen atoms in total. The van der Waals surface area contributed by atoms with E-state index in [9.17, 15) is 4.39 Å². The summed E-state index contributed by atoms with van der Waals surface area (Å²) < 4.78 is 13.2. The van der Waals surface area contributed by atoms with Gasteiger partial charge in [0.1, 0.15) is 5.82 Å². The van der Waals surface area contributed by atoms with Gasteiger partial charge in [-0.25, -0.2) is 4.39 Å². The molecule has 0 bridgehead atoms. The van der Waals surface area contributed by atoms with Crippen LogP contribution < -0.4 is 10.2 Å². The van der Waals surface area contributed by atoms with Gasteiger partial charge in [-0.05, 0) is 49.1 Å². The maximum atomic E-state index is 13.2. The van der Waals surface area contributed by atoms with Gasteiger partial charge in [0, 0.05) is 25.3 Å². The van der Waals surface area contributed by atoms with Gasteiger partial charge in [-0.15, -0.1) is 0 Å². The highest BCUT2D eigenvalue weighted by molar-refractivity contribution is 5.56. The van der Waals surface area contributed by atoms with Crippen LogP contribution in [0.3, 0.4) is 0 Å². The molecule has 0 spiro atoms. The Kier molecular flexibility index (Phi) is 2.36. The normalized spacial score (nSPS) is 28.5. The minimum atomic E-state index is -0.112. The number of hydrogen-bond acceptors (Lipinski definition) is 2. The maximum Gasteiger partial charge on any atom is 0.123 e. The summed E-state index contributed by atoms with van der Waals surface area (Å²) in [4.78, 5) is 2.31. The van der Waals surface area contributed by atoms with Crippen LogP contribution in [0.15, 0.2) is 18.2 Å². The van der Waals surface area contributed by atoms with E-state index in [2.05, 4.69) is 17.3 Å². The van der Waals surface area contributed by atoms with Crippen molar-refractivity contribution in [2.45, 2.75) is 18.9 Å². The lowest BCUT2D eigenvalue weighted by atomic mass is 9.82. The molecule has 0 radical (unpaired) electrons. The van der Waals surface area contributed by atoms with Crippen LogP contribution in [0.2, 0.25) is 0 Å². The molecule has 86 valence electrons. The van der Waals surface area contributed by atoms with E-state index in [-0.39, 0.29) is 5.82 Å². The van der Waals surface area contributed by atoms with Crippen molar-refractivity contribution in [3.8, 4) is 0 Å². The van der Waals surface area contributed by atoms with Gasteiger partial charge in [0.15, 0.2) is 0 Å². The van der Waals surface area contributed by atoms with Crippen LogP contribution in [0.1, 0.15) is 12.0 Å². The molecule has 16 heavy (non-hydrogen) atoms. The number of anilines is 1. The molecule has 3 rings (SSSR count). The van der Waals surface area contributed by atoms with E-state index >= 15 is 0 Å². The quantitative estimate of drug-likeness (QED) is 0.717. The first-order valence-corrected chi connectivity index (χ1v) is 5.97. The van der Waals surface area contributed by atoms with Gasteiger partial charge in [-0.1, -0.05) is 0 Å². The lowest BCUT2D eigenvalue weighted by Crippen LogP contribution is -2.53. The molecule has 2 aliphatic rings. The summed E-state index contributed by atoms with van der Waals surface area (Å²) >= 11 is 0. The summed E-state index contributed by atoms with van der Waals surface area (Å²) in [5, 5.41) is 3.44. The molecule has 2 unspecified atom stereocenters. The largest absolute Gasteiger partial charge is 0.370 e. The van der Waals surface area contributed by atoms with Gasteiger partial charge in [0.2, 0.25) is 0 Å². The second kappa shape index (κ2) is 3.74. The predicted molar refractivity (Wildman–Crippen MR) is 63.3 cm³/mol. The molecule has 1 N–H and O–H groups in total. The zero-order chi connectivity index (χ0) is 11.1. The predicted octanol–water partition coefficient (Wildman–Crippen LogP) is 1.80. The molecule has 3 heteroatoms. The zero-order valence-corrected chi connectivity index (χ0v) is 9.54. The average molecular weight is 220 g/mol. The number of fused-ring (bicyclic) bond motifs is 2. The second-order valence-electron chi connectivity index (χ2n) is 4.91. The Labute approximate surface area is 95.4 Å². The first-order valence-electron chi connectivity index (χ1n) is 5.97. The lowest BCUT2D eigenvalue weighted by Gasteiger charge is -2.44. The molecular formula is C13H17FN2. The lowest BCUT2D eigenvalue weighted by molar-refractivity contribution is 0.302. The number of nitrogens with zero attached hydrogens (tertiary/aromatic N) is 1. The highest BCUT2D eigenvalue weighted by atomic mass is 19.1. The first-order chi connectivity index (χ1) is 7.75. The van der Waals surface area contributed by atoms with Crippen LogP contribution in [0.5, 0.6) is 0 Å². The summed E-state index contributed by atoms with van der Waals surface area (Å²) in [6, 6.07) is 5.75. The SMILES string of the molecule is CN1c2ccc(F)cc2CC2CCNCC21. The molecule has 0 saturated carbocycles. The third-order valence-electron chi connectivity index (χ3n) is 3.99. The molecule has 1 aromatic rings. The Balaban J connectivity index is 1.99. The van der Waals surface area contributed by atoms with Crippen molar-refractivity contribution >= 4 is 5.69 Å². The molecule has 2 heterocycles. The summed E-state index contributed by atoms with van der Waals surface area (Å²) in [5.41, 5.74) is 2.37. The molecule has 2 atom stereocenters. The van der Waals surface area contributed by atoms with Crippen molar-refractivity contribution in [2.24, 2.45) is 5.92 Å². The maximum absolute atomic E-state index is 13.2. The molecule has 1 saturated heterocycles. The van der Waals surface area contributed by atoms with Gasteiger partial charge >= 0.3 is 0 Å². The fraction of sp³-hybridized carbons (Fsp3) is 0.538. The van der Waals surface area contributed by atoms with Gasteiger partial charge in [-0.3, -0.25) is 0 Å². The topological polar surface area (TPSA) is 15.3 Å². The zero-order valence-electron chi connectivity index (χ0n) is 9.54. The van der Waals surface area contributed by atoms with E-state index in [1.54, 1.807) is 12.1 Å². The molecule has 1 aromatic carbocycles. The Morgan fingerprint density at radius 3 is 3.19 bits per heavy atom. The number of hydrogen-bond donors (Lipinski definition) is 1. The smallest absolute Gasteiger partial charge is 0.123 e. The van der Waals surface area contributed by atoms with Crippen molar-refractivity contribution in [3.63, 3.8) is 0 Å². The highest BCUT2D eigenvalue weighted by Gasteiger charge is 2.33. The van der Waals surface area contributed by atoms with Crippen LogP contribution in [0.4, 0.5) is 10.1 Å². The third-order valence-corrected chi connectivity index (χ3v) is 3.99. The first kappa shape index (κ1) is 10.1. The van der Waals surface area contributed by atoms with E-state index in [0.29, 0.717) is 12.0 Å². The molecule has 0 aliphatic carbocycles. The summed E-state index contributed by atoms with van der Waals surface area (Å²) in [6.07, 6.45) is 2.23. The molecular weight excluding hydrogens is 203 g/mol. The summed E-state index contributed by atoms with van der Waals surface area (Å²) in [5.74, 6) is 0.570. The van der Waals surface area contributed by atoms with Crippen molar-refractivity contribution in [3.05, 3.63) is 29.6 Å². The Morgan fingerprint density at radius 2 is 2.31 bits per heavy atom. The molecule has 0 aromatic heterocycles. The van der Waals surface area contributed by atoms with Gasteiger partial charge in [0.25, 0.3) is 0 Å². The Morgan fingerprint density at radius 1 is 1.44 bits per heavy atom. The van der Waals surface area contributed by atoms with E-state index < -0.39 is 0 Å². The average Bonchev–Trinajstić information content (AvgIpc) is 2.29. The molecule has 1 fully saturated rings. The highest BCUT2D eigenvalue weighted by Crippen LogP contribution is 2.35. The van der Waals surface area contributed by atoms with Crippen molar-refractivity contribution in [1.82, 2.24) is 5.32 Å². The third kappa shape index (κ3) is 1.50. The van der Waals surface area contributed by atoms with Crippen LogP contribution in [-0.2, 0) is 6.42 Å². The van der Waals surface area contributed by atoms with Gasteiger partial charge < -0.3 is 10.2 Å². The number of piperidine rings is 1. The Hall–Kier alpha value is -1.09. The molecule has 2 aliphatic heterocycles. The fourth-order valence-electron chi connectivity index (χ4n) is 3.11. The van der Waals surface area contributed by atoms with Crippen molar-refractivity contribution in [1.29, 1.82) is 0 Å². The second-order valence-corrected chi connectivity index (χ2v) is 4.91. The minimum absolute atomic E-state index is 0.112. The summed E-state index contributed by atoms with van der Waals surface area (Å²) in [7, 11) is 2.13. The standard InChI is InChI=1S/C13H17FN2/c1-16-12-3-2-11(14)7-10(12)6-9-4-5-15-8-13(9)16/h2-3,7,9,13,15H,4-6,8H2,1H3. The number of benzene rings is 1. The number of halogens is 1. The fourth-order valence-corrected chi connectivity index (χ4v) is 3.11. The van der Waals surface area contributed by atoms with Crippen LogP contribution >= 0.6 is 0 Å². The van der Waals surface area contributed by atoms with Crippen molar-refractivity contribution in [2.75, 3.05) is 25.0 Å². The van der Waals surface area contributed by atoms with E-state index in [4.69, 9.17) is 0 Å². The van der Waals surface area contributed by atoms with E-state index in [1.807, 2.05) is 6.07 Å². The number of likely N-dealkylation sites (N-methyl/N-ethyl adjacent to an activating group) is 1. The van der Waals surface area contributed by atoms with E-state index in [0.717, 1.165) is 19.5 Å². The Bertz CT molecular complexity index is 405. The number of nitrogens with one attached hydrogen (secondary N) is 1. The van der Waals surface area contributed by atoms with Crippen molar-refractivity contribution < 1.29 is 4.39 Å². The van der Waals surface area contributed by atoms with E-state index in [1.165, 1.54) is 17.7 Å². The van der Waals surface area contributed by atoms with Crippen LogP contribution in [-0.4, -0.2) is 26.2 Å². The number of rotatable bonds is 0. The van der Waals surface area contributed by atoms with Crippen LogP contribution in [0.25, 0.3) is 0 Å². The minimum Gasteiger partial charge on any atom is -0.370 e. The molecule has 0 amide bonds. The van der Waals surface area contributed by atoms with Crippen LogP contribution in [0, 0.1) is 11.7 Å². The summed E-state index contributed by atoms with van der Waals surface area (Å²) in [6.45, 7) is 2.15.